The number of benzene rings is 1. The first-order valence-corrected chi connectivity index (χ1v) is 5.90. The van der Waals surface area contributed by atoms with Gasteiger partial charge in [-0.3, -0.25) is 4.79 Å². The molecule has 0 saturated heterocycles. The molecule has 20 heavy (non-hydrogen) atoms. The number of hydrogen-bond acceptors (Lipinski definition) is 6. The van der Waals surface area contributed by atoms with Gasteiger partial charge in [0.2, 0.25) is 0 Å². The van der Waals surface area contributed by atoms with Crippen LogP contribution in [0.3, 0.4) is 0 Å². The van der Waals surface area contributed by atoms with Crippen LogP contribution in [0.2, 0.25) is 0 Å². The second-order valence-electron chi connectivity index (χ2n) is 3.97. The summed E-state index contributed by atoms with van der Waals surface area (Å²) in [7, 11) is 2.76. The van der Waals surface area contributed by atoms with Crippen LogP contribution in [0, 0.1) is 0 Å². The maximum absolute atomic E-state index is 11.8. The highest BCUT2D eigenvalue weighted by Gasteiger charge is 2.24. The first-order chi connectivity index (χ1) is 9.42. The molecule has 0 bridgehead atoms. The van der Waals surface area contributed by atoms with Crippen molar-refractivity contribution in [3.05, 3.63) is 17.7 Å². The zero-order valence-electron chi connectivity index (χ0n) is 11.5. The molecule has 1 rings (SSSR count). The largest absolute Gasteiger partial charge is 0.508 e. The fourth-order valence-corrected chi connectivity index (χ4v) is 1.63. The Hall–Kier alpha value is -2.28. The molecular weight excluding hydrogens is 266 g/mol. The van der Waals surface area contributed by atoms with E-state index in [1.165, 1.54) is 20.2 Å². The fourth-order valence-electron chi connectivity index (χ4n) is 1.63. The minimum atomic E-state index is -0.780. The van der Waals surface area contributed by atoms with Gasteiger partial charge < -0.3 is 24.6 Å². The fraction of sp³-hybridized carbons (Fsp3) is 0.385. The molecule has 0 aliphatic heterocycles. The first-order valence-electron chi connectivity index (χ1n) is 5.90. The van der Waals surface area contributed by atoms with E-state index in [1.807, 2.05) is 0 Å². The Kier molecular flexibility index (Phi) is 5.33. The van der Waals surface area contributed by atoms with Crippen molar-refractivity contribution >= 4 is 17.6 Å². The molecule has 0 radical (unpaired) electrons. The molecule has 110 valence electrons. The van der Waals surface area contributed by atoms with Gasteiger partial charge in [-0.05, 0) is 6.92 Å². The lowest BCUT2D eigenvalue weighted by molar-refractivity contribution is -0.121. The summed E-state index contributed by atoms with van der Waals surface area (Å²) in [5.74, 6) is -1.96. The summed E-state index contributed by atoms with van der Waals surface area (Å²) in [5, 5.41) is 19.3. The van der Waals surface area contributed by atoms with Crippen LogP contribution in [-0.2, 0) is 14.3 Å². The van der Waals surface area contributed by atoms with E-state index in [-0.39, 0.29) is 30.2 Å². The Morgan fingerprint density at radius 3 is 2.50 bits per heavy atom. The third-order valence-corrected chi connectivity index (χ3v) is 2.56. The van der Waals surface area contributed by atoms with Gasteiger partial charge in [0.1, 0.15) is 23.7 Å². The predicted octanol–water partition coefficient (Wildman–Crippen LogP) is 0.884. The molecule has 7 nitrogen and oxygen atoms in total. The zero-order chi connectivity index (χ0) is 15.3. The SMILES string of the molecule is CCOC(=O)c1c(O)cc(O)cc1N(C)C(=O)COC. The smallest absolute Gasteiger partial charge is 0.344 e. The molecule has 0 unspecified atom stereocenters. The van der Waals surface area contributed by atoms with Gasteiger partial charge in [0.25, 0.3) is 5.91 Å². The van der Waals surface area contributed by atoms with E-state index >= 15 is 0 Å². The van der Waals surface area contributed by atoms with Crippen molar-refractivity contribution in [2.24, 2.45) is 0 Å². The minimum absolute atomic E-state index is 0.0444. The van der Waals surface area contributed by atoms with Crippen LogP contribution in [0.1, 0.15) is 17.3 Å². The summed E-state index contributed by atoms with van der Waals surface area (Å²) < 4.78 is 9.55. The summed E-state index contributed by atoms with van der Waals surface area (Å²) in [6.07, 6.45) is 0. The van der Waals surface area contributed by atoms with Gasteiger partial charge in [-0.1, -0.05) is 0 Å². The van der Waals surface area contributed by atoms with Crippen molar-refractivity contribution in [3.8, 4) is 11.5 Å². The monoisotopic (exact) mass is 283 g/mol. The molecule has 1 aromatic carbocycles. The number of likely N-dealkylation sites (N-methyl/N-ethyl adjacent to an activating group) is 1. The van der Waals surface area contributed by atoms with Gasteiger partial charge in [-0.15, -0.1) is 0 Å². The molecule has 1 amide bonds. The number of methoxy groups -OCH3 is 1. The third kappa shape index (κ3) is 3.39. The van der Waals surface area contributed by atoms with Crippen LogP contribution in [-0.4, -0.2) is 49.5 Å². The molecule has 0 aromatic heterocycles. The molecule has 0 aliphatic carbocycles. The van der Waals surface area contributed by atoms with E-state index in [2.05, 4.69) is 0 Å². The Labute approximate surface area is 116 Å². The molecule has 7 heteroatoms. The van der Waals surface area contributed by atoms with Gasteiger partial charge >= 0.3 is 5.97 Å². The maximum atomic E-state index is 11.8. The summed E-state index contributed by atoms with van der Waals surface area (Å²) in [4.78, 5) is 24.7. The van der Waals surface area contributed by atoms with Crippen LogP contribution in [0.5, 0.6) is 11.5 Å². The van der Waals surface area contributed by atoms with E-state index in [0.29, 0.717) is 0 Å². The van der Waals surface area contributed by atoms with Crippen molar-refractivity contribution in [1.82, 2.24) is 0 Å². The highest BCUT2D eigenvalue weighted by atomic mass is 16.5. The average Bonchev–Trinajstić information content (AvgIpc) is 2.37. The van der Waals surface area contributed by atoms with Crippen molar-refractivity contribution < 1.29 is 29.3 Å². The highest BCUT2D eigenvalue weighted by molar-refractivity contribution is 6.04. The number of amides is 1. The standard InChI is InChI=1S/C13H17NO6/c1-4-20-13(18)12-9(5-8(15)6-10(12)16)14(2)11(17)7-19-3/h5-6,15-16H,4,7H2,1-3H3. The number of ether oxygens (including phenoxy) is 2. The normalized spacial score (nSPS) is 10.2. The van der Waals surface area contributed by atoms with Crippen LogP contribution in [0.15, 0.2) is 12.1 Å². The van der Waals surface area contributed by atoms with Gasteiger partial charge in [-0.2, -0.15) is 0 Å². The van der Waals surface area contributed by atoms with E-state index in [4.69, 9.17) is 9.47 Å². The van der Waals surface area contributed by atoms with E-state index in [0.717, 1.165) is 11.0 Å². The number of nitrogens with zero attached hydrogens (tertiary/aromatic N) is 1. The number of carbonyl (C=O) groups is 2. The number of anilines is 1. The number of carbonyl (C=O) groups excluding carboxylic acids is 2. The topological polar surface area (TPSA) is 96.3 Å². The lowest BCUT2D eigenvalue weighted by Gasteiger charge is -2.20. The third-order valence-electron chi connectivity index (χ3n) is 2.56. The maximum Gasteiger partial charge on any atom is 0.344 e. The Morgan fingerprint density at radius 1 is 1.30 bits per heavy atom. The molecule has 0 fully saturated rings. The second-order valence-corrected chi connectivity index (χ2v) is 3.97. The van der Waals surface area contributed by atoms with Crippen LogP contribution >= 0.6 is 0 Å². The van der Waals surface area contributed by atoms with E-state index in [9.17, 15) is 19.8 Å². The van der Waals surface area contributed by atoms with Crippen LogP contribution < -0.4 is 4.90 Å². The number of phenols is 2. The highest BCUT2D eigenvalue weighted by Crippen LogP contribution is 2.33. The summed E-state index contributed by atoms with van der Waals surface area (Å²) in [6, 6.07) is 2.20. The molecule has 0 saturated carbocycles. The summed E-state index contributed by atoms with van der Waals surface area (Å²) in [6.45, 7) is 1.54. The number of rotatable bonds is 5. The van der Waals surface area contributed by atoms with E-state index < -0.39 is 17.6 Å². The van der Waals surface area contributed by atoms with Gasteiger partial charge in [0, 0.05) is 26.3 Å². The predicted molar refractivity (Wildman–Crippen MR) is 71.0 cm³/mol. The quantitative estimate of drug-likeness (QED) is 0.779. The molecule has 1 aromatic rings. The van der Waals surface area contributed by atoms with Crippen LogP contribution in [0.4, 0.5) is 5.69 Å². The van der Waals surface area contributed by atoms with Gasteiger partial charge in [0.15, 0.2) is 0 Å². The van der Waals surface area contributed by atoms with Crippen molar-refractivity contribution in [3.63, 3.8) is 0 Å². The Morgan fingerprint density at radius 2 is 1.95 bits per heavy atom. The Bertz CT molecular complexity index is 514. The lowest BCUT2D eigenvalue weighted by Crippen LogP contribution is -2.31. The molecule has 0 spiro atoms. The van der Waals surface area contributed by atoms with Crippen molar-refractivity contribution in [2.45, 2.75) is 6.92 Å². The van der Waals surface area contributed by atoms with Gasteiger partial charge in [-0.25, -0.2) is 4.79 Å². The zero-order valence-corrected chi connectivity index (χ0v) is 11.5. The summed E-state index contributed by atoms with van der Waals surface area (Å²) in [5.41, 5.74) is -0.139. The molecule has 0 aliphatic rings. The molecule has 2 N–H and O–H groups in total. The number of phenolic OH excluding ortho intramolecular Hbond substituents is 2. The summed E-state index contributed by atoms with van der Waals surface area (Å²) >= 11 is 0. The van der Waals surface area contributed by atoms with Crippen LogP contribution in [0.25, 0.3) is 0 Å². The minimum Gasteiger partial charge on any atom is -0.508 e. The average molecular weight is 283 g/mol. The Balaban J connectivity index is 3.29. The molecule has 0 atom stereocenters. The van der Waals surface area contributed by atoms with Crippen molar-refractivity contribution in [2.75, 3.05) is 32.3 Å². The van der Waals surface area contributed by atoms with E-state index in [1.54, 1.807) is 6.92 Å². The second kappa shape index (κ2) is 6.76. The molecule has 0 heterocycles. The van der Waals surface area contributed by atoms with Crippen molar-refractivity contribution in [1.29, 1.82) is 0 Å². The first kappa shape index (κ1) is 15.8. The number of esters is 1. The number of aromatic hydroxyl groups is 2. The van der Waals surface area contributed by atoms with Gasteiger partial charge in [0.05, 0.1) is 12.3 Å². The number of hydrogen-bond donors (Lipinski definition) is 2. The molecular formula is C13H17NO6. The lowest BCUT2D eigenvalue weighted by atomic mass is 10.1.